The molecule has 1 unspecified atom stereocenters. The maximum absolute atomic E-state index is 11.6. The van der Waals surface area contributed by atoms with Crippen LogP contribution in [0.2, 0.25) is 0 Å². The van der Waals surface area contributed by atoms with Gasteiger partial charge in [0, 0.05) is 11.0 Å². The van der Waals surface area contributed by atoms with Gasteiger partial charge < -0.3 is 10.1 Å². The van der Waals surface area contributed by atoms with Gasteiger partial charge in [-0.15, -0.1) is 0 Å². The second kappa shape index (κ2) is 4.97. The highest BCUT2D eigenvalue weighted by molar-refractivity contribution is 9.10. The van der Waals surface area contributed by atoms with Crippen molar-refractivity contribution in [1.29, 1.82) is 0 Å². The lowest BCUT2D eigenvalue weighted by Gasteiger charge is -2.24. The van der Waals surface area contributed by atoms with Crippen molar-refractivity contribution in [3.8, 4) is 0 Å². The molecule has 16 heavy (non-hydrogen) atoms. The summed E-state index contributed by atoms with van der Waals surface area (Å²) in [6.45, 7) is 2.99. The normalized spacial score (nSPS) is 19.0. The van der Waals surface area contributed by atoms with Gasteiger partial charge in [-0.3, -0.25) is 4.79 Å². The molecule has 2 rings (SSSR count). The van der Waals surface area contributed by atoms with Gasteiger partial charge in [0.05, 0.1) is 6.61 Å². The highest BCUT2D eigenvalue weighted by atomic mass is 79.9. The molecule has 0 spiro atoms. The van der Waals surface area contributed by atoms with Crippen LogP contribution >= 0.6 is 15.9 Å². The van der Waals surface area contributed by atoms with Crippen molar-refractivity contribution in [2.45, 2.75) is 25.9 Å². The van der Waals surface area contributed by atoms with Crippen molar-refractivity contribution in [3.63, 3.8) is 0 Å². The van der Waals surface area contributed by atoms with Crippen LogP contribution in [0.15, 0.2) is 22.7 Å². The van der Waals surface area contributed by atoms with Crippen LogP contribution in [-0.4, -0.2) is 18.6 Å². The summed E-state index contributed by atoms with van der Waals surface area (Å²) in [5, 5.41) is 3.19. The summed E-state index contributed by atoms with van der Waals surface area (Å²) in [5.41, 5.74) is 2.47. The Balaban J connectivity index is 2.13. The molecule has 1 aromatic carbocycles. The fraction of sp³-hybridized carbons (Fsp3) is 0.417. The van der Waals surface area contributed by atoms with Crippen LogP contribution in [0, 0.1) is 0 Å². The number of nitrogens with one attached hydrogen (secondary N) is 1. The van der Waals surface area contributed by atoms with Crippen molar-refractivity contribution in [1.82, 2.24) is 5.32 Å². The molecule has 0 bridgehead atoms. The summed E-state index contributed by atoms with van der Waals surface area (Å²) in [6.07, 6.45) is 0.702. The van der Waals surface area contributed by atoms with Crippen molar-refractivity contribution in [2.75, 3.05) is 6.61 Å². The largest absolute Gasteiger partial charge is 0.465 e. The Morgan fingerprint density at radius 2 is 2.38 bits per heavy atom. The summed E-state index contributed by atoms with van der Waals surface area (Å²) < 4.78 is 6.07. The number of hydrogen-bond acceptors (Lipinski definition) is 3. The molecule has 1 aliphatic rings. The second-order valence-corrected chi connectivity index (χ2v) is 4.72. The van der Waals surface area contributed by atoms with Gasteiger partial charge in [0.15, 0.2) is 0 Å². The molecule has 4 heteroatoms. The number of carbonyl (C=O) groups is 1. The third-order valence-corrected chi connectivity index (χ3v) is 3.20. The van der Waals surface area contributed by atoms with E-state index in [4.69, 9.17) is 4.74 Å². The van der Waals surface area contributed by atoms with Gasteiger partial charge in [-0.05, 0) is 36.6 Å². The maximum atomic E-state index is 11.6. The molecule has 1 atom stereocenters. The van der Waals surface area contributed by atoms with E-state index in [9.17, 15) is 4.79 Å². The van der Waals surface area contributed by atoms with Crippen LogP contribution < -0.4 is 5.32 Å². The predicted octanol–water partition coefficient (Wildman–Crippen LogP) is 2.03. The zero-order chi connectivity index (χ0) is 11.5. The number of hydrogen-bond donors (Lipinski definition) is 1. The Bertz CT molecular complexity index is 406. The Labute approximate surface area is 103 Å². The summed E-state index contributed by atoms with van der Waals surface area (Å²) >= 11 is 3.44. The highest BCUT2D eigenvalue weighted by Crippen LogP contribution is 2.21. The first-order valence-corrected chi connectivity index (χ1v) is 6.17. The van der Waals surface area contributed by atoms with Crippen LogP contribution in [0.4, 0.5) is 0 Å². The number of esters is 1. The van der Waals surface area contributed by atoms with E-state index in [1.165, 1.54) is 11.1 Å². The third kappa shape index (κ3) is 2.44. The van der Waals surface area contributed by atoms with Crippen LogP contribution in [0.3, 0.4) is 0 Å². The number of benzene rings is 1. The Morgan fingerprint density at radius 1 is 1.56 bits per heavy atom. The van der Waals surface area contributed by atoms with E-state index in [1.54, 1.807) is 0 Å². The smallest absolute Gasteiger partial charge is 0.323 e. The molecule has 1 aromatic rings. The minimum absolute atomic E-state index is 0.159. The second-order valence-electron chi connectivity index (χ2n) is 3.80. The topological polar surface area (TPSA) is 38.3 Å². The molecule has 0 fully saturated rings. The molecular formula is C12H14BrNO2. The number of ether oxygens (including phenoxy) is 1. The maximum Gasteiger partial charge on any atom is 0.323 e. The number of halogens is 1. The molecule has 1 aliphatic heterocycles. The molecule has 1 N–H and O–H groups in total. The predicted molar refractivity (Wildman–Crippen MR) is 65.1 cm³/mol. The van der Waals surface area contributed by atoms with E-state index in [-0.39, 0.29) is 12.0 Å². The molecule has 0 saturated carbocycles. The van der Waals surface area contributed by atoms with Gasteiger partial charge in [0.2, 0.25) is 0 Å². The van der Waals surface area contributed by atoms with E-state index in [0.29, 0.717) is 13.0 Å². The van der Waals surface area contributed by atoms with Gasteiger partial charge >= 0.3 is 5.97 Å². The molecule has 1 heterocycles. The summed E-state index contributed by atoms with van der Waals surface area (Å²) in [7, 11) is 0. The van der Waals surface area contributed by atoms with E-state index < -0.39 is 0 Å². The standard InChI is InChI=1S/C12H14BrNO2/c1-2-16-12(15)11-6-9-5-10(13)4-3-8(9)7-14-11/h3-5,11,14H,2,6-7H2,1H3. The van der Waals surface area contributed by atoms with Crippen LogP contribution in [-0.2, 0) is 22.5 Å². The summed E-state index contributed by atoms with van der Waals surface area (Å²) in [4.78, 5) is 11.6. The van der Waals surface area contributed by atoms with Gasteiger partial charge in [-0.1, -0.05) is 22.0 Å². The Morgan fingerprint density at radius 3 is 3.12 bits per heavy atom. The lowest BCUT2D eigenvalue weighted by atomic mass is 9.96. The highest BCUT2D eigenvalue weighted by Gasteiger charge is 2.24. The average Bonchev–Trinajstić information content (AvgIpc) is 2.28. The fourth-order valence-electron chi connectivity index (χ4n) is 1.89. The number of fused-ring (bicyclic) bond motifs is 1. The first-order valence-electron chi connectivity index (χ1n) is 5.38. The van der Waals surface area contributed by atoms with Gasteiger partial charge in [-0.25, -0.2) is 0 Å². The number of rotatable bonds is 2. The molecule has 0 aromatic heterocycles. The van der Waals surface area contributed by atoms with Crippen molar-refractivity contribution < 1.29 is 9.53 Å². The minimum Gasteiger partial charge on any atom is -0.465 e. The molecule has 3 nitrogen and oxygen atoms in total. The first-order chi connectivity index (χ1) is 7.70. The van der Waals surface area contributed by atoms with E-state index in [1.807, 2.05) is 13.0 Å². The molecule has 86 valence electrons. The Hall–Kier alpha value is -0.870. The average molecular weight is 284 g/mol. The zero-order valence-corrected chi connectivity index (χ0v) is 10.7. The summed E-state index contributed by atoms with van der Waals surface area (Å²) in [5.74, 6) is -0.159. The van der Waals surface area contributed by atoms with E-state index in [2.05, 4.69) is 33.4 Å². The van der Waals surface area contributed by atoms with Gasteiger partial charge in [0.25, 0.3) is 0 Å². The van der Waals surface area contributed by atoms with Gasteiger partial charge in [-0.2, -0.15) is 0 Å². The van der Waals surface area contributed by atoms with E-state index >= 15 is 0 Å². The Kier molecular flexibility index (Phi) is 3.61. The van der Waals surface area contributed by atoms with E-state index in [0.717, 1.165) is 11.0 Å². The molecule has 0 saturated heterocycles. The zero-order valence-electron chi connectivity index (χ0n) is 9.13. The lowest BCUT2D eigenvalue weighted by Crippen LogP contribution is -2.42. The van der Waals surface area contributed by atoms with Crippen molar-refractivity contribution in [3.05, 3.63) is 33.8 Å². The molecule has 0 radical (unpaired) electrons. The van der Waals surface area contributed by atoms with Crippen LogP contribution in [0.1, 0.15) is 18.1 Å². The fourth-order valence-corrected chi connectivity index (χ4v) is 2.30. The SMILES string of the molecule is CCOC(=O)C1Cc2cc(Br)ccc2CN1. The van der Waals surface area contributed by atoms with Crippen molar-refractivity contribution >= 4 is 21.9 Å². The minimum atomic E-state index is -0.207. The van der Waals surface area contributed by atoms with Crippen LogP contribution in [0.5, 0.6) is 0 Å². The quantitative estimate of drug-likeness (QED) is 0.844. The lowest BCUT2D eigenvalue weighted by molar-refractivity contribution is -0.145. The van der Waals surface area contributed by atoms with Crippen molar-refractivity contribution in [2.24, 2.45) is 0 Å². The van der Waals surface area contributed by atoms with Gasteiger partial charge in [0.1, 0.15) is 6.04 Å². The third-order valence-electron chi connectivity index (χ3n) is 2.70. The molecule has 0 aliphatic carbocycles. The molecule has 0 amide bonds. The monoisotopic (exact) mass is 283 g/mol. The molecular weight excluding hydrogens is 270 g/mol. The summed E-state index contributed by atoms with van der Waals surface area (Å²) in [6, 6.07) is 5.96. The number of carbonyl (C=O) groups excluding carboxylic acids is 1. The first kappa shape index (κ1) is 11.6. The van der Waals surface area contributed by atoms with Crippen LogP contribution in [0.25, 0.3) is 0 Å².